The zero-order chi connectivity index (χ0) is 13.8. The van der Waals surface area contributed by atoms with Crippen molar-refractivity contribution >= 4 is 0 Å². The fraction of sp³-hybridized carbons (Fsp3) is 0.600. The van der Waals surface area contributed by atoms with Crippen LogP contribution in [-0.4, -0.2) is 56.1 Å². The minimum Gasteiger partial charge on any atom is -1.00 e. The number of hydrogen-bond acceptors (Lipinski definition) is 5. The molecule has 2 heterocycles. The number of benzene rings is 1. The van der Waals surface area contributed by atoms with Gasteiger partial charge in [-0.15, -0.1) is 0 Å². The van der Waals surface area contributed by atoms with Crippen molar-refractivity contribution in [2.24, 2.45) is 0 Å². The molecule has 0 aliphatic carbocycles. The van der Waals surface area contributed by atoms with Gasteiger partial charge in [0.1, 0.15) is 13.2 Å². The van der Waals surface area contributed by atoms with Gasteiger partial charge in [0.25, 0.3) is 0 Å². The first kappa shape index (κ1) is 16.4. The number of aliphatic hydroxyl groups excluding tert-OH is 1. The number of ether oxygens (including phenoxy) is 3. The third kappa shape index (κ3) is 4.23. The molecule has 21 heavy (non-hydrogen) atoms. The fourth-order valence-corrected chi connectivity index (χ4v) is 2.56. The summed E-state index contributed by atoms with van der Waals surface area (Å²) in [5, 5.41) is 10.3. The van der Waals surface area contributed by atoms with Crippen molar-refractivity contribution in [1.29, 1.82) is 0 Å². The molecule has 1 fully saturated rings. The van der Waals surface area contributed by atoms with E-state index in [2.05, 4.69) is 4.90 Å². The van der Waals surface area contributed by atoms with Crippen LogP contribution >= 0.6 is 0 Å². The van der Waals surface area contributed by atoms with Crippen LogP contribution in [0.2, 0.25) is 0 Å². The fourth-order valence-electron chi connectivity index (χ4n) is 2.56. The van der Waals surface area contributed by atoms with Crippen molar-refractivity contribution in [2.75, 3.05) is 46.1 Å². The summed E-state index contributed by atoms with van der Waals surface area (Å²) < 4.78 is 16.3. The van der Waals surface area contributed by atoms with Crippen LogP contribution in [0.1, 0.15) is 18.1 Å². The van der Waals surface area contributed by atoms with Crippen molar-refractivity contribution in [2.45, 2.75) is 12.5 Å². The monoisotopic (exact) mass is 314 g/mol. The second-order valence-electron chi connectivity index (χ2n) is 5.16. The van der Waals surface area contributed by atoms with Gasteiger partial charge in [-0.3, -0.25) is 4.90 Å². The highest BCUT2D eigenvalue weighted by molar-refractivity contribution is 5.44. The van der Waals surface area contributed by atoms with Crippen molar-refractivity contribution in [3.63, 3.8) is 0 Å². The standard InChI is InChI=1S/C15H21NO4.ClH/c17-13(3-4-16-5-7-18-8-6-16)12-1-2-14-15(11-12)20-10-9-19-14;/h1-2,11,13,17H,3-10H2;1H/p-1. The minimum atomic E-state index is -0.464. The highest BCUT2D eigenvalue weighted by atomic mass is 35.5. The van der Waals surface area contributed by atoms with E-state index < -0.39 is 6.10 Å². The maximum atomic E-state index is 10.3. The Hall–Kier alpha value is -1.01. The molecule has 2 aliphatic rings. The van der Waals surface area contributed by atoms with Crippen LogP contribution < -0.4 is 21.9 Å². The van der Waals surface area contributed by atoms with Crippen LogP contribution in [0.5, 0.6) is 11.5 Å². The van der Waals surface area contributed by atoms with Gasteiger partial charge in [0.05, 0.1) is 19.3 Å². The minimum absolute atomic E-state index is 0. The first-order valence-electron chi connectivity index (χ1n) is 7.20. The molecule has 0 aromatic heterocycles. The van der Waals surface area contributed by atoms with Crippen LogP contribution in [0.15, 0.2) is 18.2 Å². The van der Waals surface area contributed by atoms with E-state index in [-0.39, 0.29) is 12.4 Å². The molecule has 0 spiro atoms. The van der Waals surface area contributed by atoms with E-state index in [0.29, 0.717) is 13.2 Å². The van der Waals surface area contributed by atoms with E-state index in [1.165, 1.54) is 0 Å². The van der Waals surface area contributed by atoms with Gasteiger partial charge in [0.15, 0.2) is 11.5 Å². The average molecular weight is 315 g/mol. The Balaban J connectivity index is 0.00000161. The third-order valence-electron chi connectivity index (χ3n) is 3.77. The first-order valence-corrected chi connectivity index (χ1v) is 7.20. The summed E-state index contributed by atoms with van der Waals surface area (Å²) in [7, 11) is 0. The van der Waals surface area contributed by atoms with Gasteiger partial charge in [0.2, 0.25) is 0 Å². The van der Waals surface area contributed by atoms with Crippen LogP contribution in [0.4, 0.5) is 0 Å². The first-order chi connectivity index (χ1) is 9.83. The van der Waals surface area contributed by atoms with E-state index >= 15 is 0 Å². The van der Waals surface area contributed by atoms with Crippen molar-refractivity contribution in [3.05, 3.63) is 23.8 Å². The molecule has 1 saturated heterocycles. The topological polar surface area (TPSA) is 51.2 Å². The molecule has 118 valence electrons. The summed E-state index contributed by atoms with van der Waals surface area (Å²) in [6, 6.07) is 5.68. The van der Waals surface area contributed by atoms with E-state index in [4.69, 9.17) is 14.2 Å². The molecule has 2 aliphatic heterocycles. The molecule has 1 N–H and O–H groups in total. The van der Waals surface area contributed by atoms with Gasteiger partial charge in [-0.05, 0) is 24.1 Å². The molecule has 1 unspecified atom stereocenters. The smallest absolute Gasteiger partial charge is 0.161 e. The molecule has 0 saturated carbocycles. The van der Waals surface area contributed by atoms with Gasteiger partial charge in [-0.1, -0.05) is 6.07 Å². The van der Waals surface area contributed by atoms with Gasteiger partial charge >= 0.3 is 0 Å². The Labute approximate surface area is 131 Å². The lowest BCUT2D eigenvalue weighted by Gasteiger charge is -2.27. The summed E-state index contributed by atoms with van der Waals surface area (Å²) in [6.07, 6.45) is 0.258. The average Bonchev–Trinajstić information content (AvgIpc) is 2.53. The van der Waals surface area contributed by atoms with Crippen LogP contribution in [0.25, 0.3) is 0 Å². The Morgan fingerprint density at radius 3 is 2.52 bits per heavy atom. The number of aliphatic hydroxyl groups is 1. The maximum absolute atomic E-state index is 10.3. The number of nitrogens with zero attached hydrogens (tertiary/aromatic N) is 1. The van der Waals surface area contributed by atoms with Crippen molar-refractivity contribution in [1.82, 2.24) is 4.90 Å². The van der Waals surface area contributed by atoms with E-state index in [0.717, 1.165) is 56.3 Å². The van der Waals surface area contributed by atoms with Crippen molar-refractivity contribution < 1.29 is 31.7 Å². The van der Waals surface area contributed by atoms with Crippen LogP contribution in [0.3, 0.4) is 0 Å². The molecule has 1 atom stereocenters. The zero-order valence-corrected chi connectivity index (χ0v) is 12.7. The van der Waals surface area contributed by atoms with Crippen LogP contribution in [0, 0.1) is 0 Å². The zero-order valence-electron chi connectivity index (χ0n) is 12.0. The molecular formula is C15H21ClNO4-. The third-order valence-corrected chi connectivity index (χ3v) is 3.77. The van der Waals surface area contributed by atoms with E-state index in [1.807, 2.05) is 18.2 Å². The molecule has 0 amide bonds. The lowest BCUT2D eigenvalue weighted by molar-refractivity contribution is -0.00000723. The highest BCUT2D eigenvalue weighted by Gasteiger charge is 2.17. The second-order valence-corrected chi connectivity index (χ2v) is 5.16. The van der Waals surface area contributed by atoms with Gasteiger partial charge in [-0.25, -0.2) is 0 Å². The number of hydrogen-bond donors (Lipinski definition) is 1. The SMILES string of the molecule is OC(CCN1CCOCC1)c1ccc2c(c1)OCCO2.[Cl-]. The number of halogens is 1. The summed E-state index contributed by atoms with van der Waals surface area (Å²) >= 11 is 0. The summed E-state index contributed by atoms with van der Waals surface area (Å²) in [5.74, 6) is 1.50. The Bertz CT molecular complexity index is 451. The summed E-state index contributed by atoms with van der Waals surface area (Å²) in [4.78, 5) is 2.32. The Morgan fingerprint density at radius 1 is 1.05 bits per heavy atom. The molecule has 6 heteroatoms. The molecule has 0 radical (unpaired) electrons. The van der Waals surface area contributed by atoms with E-state index in [9.17, 15) is 5.11 Å². The largest absolute Gasteiger partial charge is 1.00 e. The molecule has 1 aromatic rings. The lowest BCUT2D eigenvalue weighted by Crippen LogP contribution is -3.00. The quantitative estimate of drug-likeness (QED) is 0.712. The van der Waals surface area contributed by atoms with Gasteiger partial charge in [0, 0.05) is 19.6 Å². The second kappa shape index (κ2) is 7.84. The summed E-state index contributed by atoms with van der Waals surface area (Å²) in [6.45, 7) is 5.53. The predicted molar refractivity (Wildman–Crippen MR) is 74.3 cm³/mol. The highest BCUT2D eigenvalue weighted by Crippen LogP contribution is 2.33. The molecule has 3 rings (SSSR count). The number of morpholine rings is 1. The normalized spacial score (nSPS) is 19.7. The Kier molecular flexibility index (Phi) is 6.11. The maximum Gasteiger partial charge on any atom is 0.161 e. The van der Waals surface area contributed by atoms with Crippen molar-refractivity contribution in [3.8, 4) is 11.5 Å². The van der Waals surface area contributed by atoms with Gasteiger partial charge < -0.3 is 31.7 Å². The predicted octanol–water partition coefficient (Wildman–Crippen LogP) is -1.78. The van der Waals surface area contributed by atoms with Gasteiger partial charge in [-0.2, -0.15) is 0 Å². The molecular weight excluding hydrogens is 294 g/mol. The van der Waals surface area contributed by atoms with E-state index in [1.54, 1.807) is 0 Å². The molecule has 5 nitrogen and oxygen atoms in total. The molecule has 1 aromatic carbocycles. The van der Waals surface area contributed by atoms with Crippen LogP contribution in [-0.2, 0) is 4.74 Å². The molecule has 0 bridgehead atoms. The number of rotatable bonds is 4. The summed E-state index contributed by atoms with van der Waals surface area (Å²) in [5.41, 5.74) is 0.891. The number of fused-ring (bicyclic) bond motifs is 1. The lowest BCUT2D eigenvalue weighted by atomic mass is 10.1. The Morgan fingerprint density at radius 2 is 1.76 bits per heavy atom.